The van der Waals surface area contributed by atoms with Gasteiger partial charge in [-0.25, -0.2) is 9.07 Å². The molecule has 126 valence electrons. The van der Waals surface area contributed by atoms with Crippen molar-refractivity contribution in [2.75, 3.05) is 5.84 Å². The number of nitrogen functional groups attached to an aromatic ring is 1. The number of nitrogens with two attached hydrogens (primary N) is 1. The van der Waals surface area contributed by atoms with Gasteiger partial charge in [-0.2, -0.15) is 5.26 Å². The van der Waals surface area contributed by atoms with Crippen molar-refractivity contribution in [2.24, 2.45) is 0 Å². The first-order chi connectivity index (χ1) is 12.2. The van der Waals surface area contributed by atoms with Crippen LogP contribution in [0.5, 0.6) is 5.75 Å². The van der Waals surface area contributed by atoms with E-state index in [9.17, 15) is 4.39 Å². The molecule has 0 radical (unpaired) electrons. The van der Waals surface area contributed by atoms with E-state index in [2.05, 4.69) is 16.3 Å². The fourth-order valence-electron chi connectivity index (χ4n) is 2.06. The maximum Gasteiger partial charge on any atom is 0.210 e. The van der Waals surface area contributed by atoms with Crippen molar-refractivity contribution in [3.8, 4) is 11.8 Å². The van der Waals surface area contributed by atoms with Crippen LogP contribution in [0.15, 0.2) is 53.7 Å². The van der Waals surface area contributed by atoms with Gasteiger partial charge in [-0.15, -0.1) is 10.2 Å². The molecule has 3 aromatic rings. The lowest BCUT2D eigenvalue weighted by Crippen LogP contribution is -2.15. The van der Waals surface area contributed by atoms with Crippen molar-refractivity contribution >= 4 is 11.8 Å². The van der Waals surface area contributed by atoms with Crippen molar-refractivity contribution in [1.82, 2.24) is 14.9 Å². The minimum Gasteiger partial charge on any atom is -0.486 e. The van der Waals surface area contributed by atoms with Crippen LogP contribution >= 0.6 is 11.8 Å². The molecule has 0 amide bonds. The van der Waals surface area contributed by atoms with Crippen molar-refractivity contribution in [1.29, 1.82) is 5.26 Å². The molecule has 0 saturated heterocycles. The smallest absolute Gasteiger partial charge is 0.210 e. The highest BCUT2D eigenvalue weighted by Crippen LogP contribution is 2.21. The summed E-state index contributed by atoms with van der Waals surface area (Å²) in [6, 6.07) is 15.2. The molecule has 0 spiro atoms. The van der Waals surface area contributed by atoms with Gasteiger partial charge in [0, 0.05) is 5.75 Å². The fourth-order valence-corrected chi connectivity index (χ4v) is 2.88. The average molecular weight is 355 g/mol. The van der Waals surface area contributed by atoms with E-state index in [0.717, 1.165) is 5.56 Å². The van der Waals surface area contributed by atoms with E-state index in [1.165, 1.54) is 40.7 Å². The van der Waals surface area contributed by atoms with Crippen molar-refractivity contribution < 1.29 is 9.13 Å². The first kappa shape index (κ1) is 16.8. The Labute approximate surface area is 148 Å². The summed E-state index contributed by atoms with van der Waals surface area (Å²) in [6.45, 7) is 0.125. The molecule has 2 aromatic carbocycles. The predicted octanol–water partition coefficient (Wildman–Crippen LogP) is 2.87. The highest BCUT2D eigenvalue weighted by molar-refractivity contribution is 7.98. The lowest BCUT2D eigenvalue weighted by Gasteiger charge is -2.06. The molecular formula is C17H14FN5OS. The zero-order valence-electron chi connectivity index (χ0n) is 13.1. The Morgan fingerprint density at radius 2 is 2.00 bits per heavy atom. The molecule has 1 heterocycles. The van der Waals surface area contributed by atoms with E-state index in [4.69, 9.17) is 15.8 Å². The van der Waals surface area contributed by atoms with Crippen LogP contribution in [0.2, 0.25) is 0 Å². The second kappa shape index (κ2) is 7.68. The monoisotopic (exact) mass is 355 g/mol. The summed E-state index contributed by atoms with van der Waals surface area (Å²) in [6.07, 6.45) is 0. The second-order valence-electron chi connectivity index (χ2n) is 5.11. The molecule has 25 heavy (non-hydrogen) atoms. The van der Waals surface area contributed by atoms with Gasteiger partial charge < -0.3 is 10.6 Å². The van der Waals surface area contributed by atoms with Crippen LogP contribution in [-0.2, 0) is 12.4 Å². The molecule has 3 rings (SSSR count). The number of nitrogens with zero attached hydrogens (tertiary/aromatic N) is 4. The average Bonchev–Trinajstić information content (AvgIpc) is 2.99. The highest BCUT2D eigenvalue weighted by atomic mass is 32.2. The summed E-state index contributed by atoms with van der Waals surface area (Å²) in [5.41, 5.74) is 1.61. The Bertz CT molecular complexity index is 904. The SMILES string of the molecule is N#Cc1cccc(CSc2nnc(COc3ccc(F)cc3)n2N)c1. The predicted molar refractivity (Wildman–Crippen MR) is 91.6 cm³/mol. The van der Waals surface area contributed by atoms with Gasteiger partial charge in [-0.3, -0.25) is 0 Å². The van der Waals surface area contributed by atoms with Crippen LogP contribution in [0.4, 0.5) is 4.39 Å². The van der Waals surface area contributed by atoms with Gasteiger partial charge in [0.2, 0.25) is 5.16 Å². The summed E-state index contributed by atoms with van der Waals surface area (Å²) in [4.78, 5) is 0. The number of benzene rings is 2. The lowest BCUT2D eigenvalue weighted by molar-refractivity contribution is 0.291. The van der Waals surface area contributed by atoms with Gasteiger partial charge in [-0.1, -0.05) is 23.9 Å². The third-order valence-corrected chi connectivity index (χ3v) is 4.35. The fraction of sp³-hybridized carbons (Fsp3) is 0.118. The molecule has 2 N–H and O–H groups in total. The highest BCUT2D eigenvalue weighted by Gasteiger charge is 2.11. The number of nitriles is 1. The van der Waals surface area contributed by atoms with E-state index in [1.807, 2.05) is 18.2 Å². The van der Waals surface area contributed by atoms with Crippen LogP contribution in [0.25, 0.3) is 0 Å². The van der Waals surface area contributed by atoms with Gasteiger partial charge >= 0.3 is 0 Å². The van der Waals surface area contributed by atoms with Gasteiger partial charge in [0.15, 0.2) is 5.82 Å². The second-order valence-corrected chi connectivity index (χ2v) is 6.05. The Morgan fingerprint density at radius 3 is 2.76 bits per heavy atom. The minimum atomic E-state index is -0.325. The molecule has 1 aromatic heterocycles. The standard InChI is InChI=1S/C17H14FN5OS/c18-14-4-6-15(7-5-14)24-10-16-21-22-17(23(16)20)25-11-13-3-1-2-12(8-13)9-19/h1-8H,10-11,20H2. The molecule has 0 aliphatic heterocycles. The lowest BCUT2D eigenvalue weighted by atomic mass is 10.2. The molecule has 0 bridgehead atoms. The molecule has 0 aliphatic rings. The molecule has 0 unspecified atom stereocenters. The minimum absolute atomic E-state index is 0.125. The molecule has 8 heteroatoms. The van der Waals surface area contributed by atoms with Crippen molar-refractivity contribution in [3.63, 3.8) is 0 Å². The zero-order valence-corrected chi connectivity index (χ0v) is 13.9. The number of rotatable bonds is 6. The largest absolute Gasteiger partial charge is 0.486 e. The van der Waals surface area contributed by atoms with Gasteiger partial charge in [-0.05, 0) is 42.0 Å². The topological polar surface area (TPSA) is 89.8 Å². The molecule has 6 nitrogen and oxygen atoms in total. The quantitative estimate of drug-likeness (QED) is 0.540. The van der Waals surface area contributed by atoms with Gasteiger partial charge in [0.1, 0.15) is 18.2 Å². The summed E-state index contributed by atoms with van der Waals surface area (Å²) < 4.78 is 19.7. The molecule has 0 atom stereocenters. The zero-order chi connectivity index (χ0) is 17.6. The van der Waals surface area contributed by atoms with E-state index >= 15 is 0 Å². The van der Waals surface area contributed by atoms with E-state index in [1.54, 1.807) is 6.07 Å². The van der Waals surface area contributed by atoms with E-state index in [-0.39, 0.29) is 12.4 Å². The number of ether oxygens (including phenoxy) is 1. The first-order valence-corrected chi connectivity index (χ1v) is 8.34. The number of hydrogen-bond acceptors (Lipinski definition) is 6. The summed E-state index contributed by atoms with van der Waals surface area (Å²) in [7, 11) is 0. The summed E-state index contributed by atoms with van der Waals surface area (Å²) in [5, 5.41) is 17.5. The first-order valence-electron chi connectivity index (χ1n) is 7.35. The van der Waals surface area contributed by atoms with Crippen LogP contribution in [0.1, 0.15) is 17.0 Å². The third-order valence-electron chi connectivity index (χ3n) is 3.34. The Hall–Kier alpha value is -3.05. The van der Waals surface area contributed by atoms with Crippen LogP contribution in [-0.4, -0.2) is 14.9 Å². The summed E-state index contributed by atoms with van der Waals surface area (Å²) in [5.74, 6) is 7.26. The Morgan fingerprint density at radius 1 is 1.20 bits per heavy atom. The van der Waals surface area contributed by atoms with E-state index in [0.29, 0.717) is 28.0 Å². The molecule has 0 aliphatic carbocycles. The Kier molecular flexibility index (Phi) is 5.16. The van der Waals surface area contributed by atoms with Crippen LogP contribution < -0.4 is 10.6 Å². The number of halogens is 1. The molecule has 0 saturated carbocycles. The summed E-state index contributed by atoms with van der Waals surface area (Å²) >= 11 is 1.41. The van der Waals surface area contributed by atoms with E-state index < -0.39 is 0 Å². The van der Waals surface area contributed by atoms with Gasteiger partial charge in [0.25, 0.3) is 0 Å². The Balaban J connectivity index is 1.60. The molecular weight excluding hydrogens is 341 g/mol. The van der Waals surface area contributed by atoms with Crippen LogP contribution in [0.3, 0.4) is 0 Å². The maximum atomic E-state index is 12.9. The number of hydrogen-bond donors (Lipinski definition) is 1. The van der Waals surface area contributed by atoms with Gasteiger partial charge in [0.05, 0.1) is 11.6 Å². The normalized spacial score (nSPS) is 10.4. The van der Waals surface area contributed by atoms with Crippen molar-refractivity contribution in [3.05, 3.63) is 71.3 Å². The number of aromatic nitrogens is 3. The maximum absolute atomic E-state index is 12.9. The molecule has 0 fully saturated rings. The third kappa shape index (κ3) is 4.28. The van der Waals surface area contributed by atoms with Crippen molar-refractivity contribution in [2.45, 2.75) is 17.5 Å². The number of thioether (sulfide) groups is 1. The van der Waals surface area contributed by atoms with Crippen LogP contribution in [0, 0.1) is 17.1 Å².